The number of nitrogens with zero attached hydrogens (tertiary/aromatic N) is 2. The first kappa shape index (κ1) is 22.1. The standard InChI is InChI=1S/C26H30ClN3O3/c1-17-19(27)11-8-12-20(17)30-24(31)22-15-23-21(13-14-33-23)29(22)16-26(30,2)25(32)28-18-9-6-4-3-5-7-10-18/h8,11-15,18H,3-7,9-10,16H2,1-2H3,(H,28,32). The highest BCUT2D eigenvalue weighted by Gasteiger charge is 2.49. The number of amides is 2. The first-order valence-corrected chi connectivity index (χ1v) is 12.3. The molecule has 1 atom stereocenters. The summed E-state index contributed by atoms with van der Waals surface area (Å²) < 4.78 is 7.48. The second-order valence-electron chi connectivity index (χ2n) is 9.60. The molecular weight excluding hydrogens is 438 g/mol. The van der Waals surface area contributed by atoms with Crippen molar-refractivity contribution in [3.05, 3.63) is 52.9 Å². The van der Waals surface area contributed by atoms with Crippen LogP contribution in [-0.4, -0.2) is 28.0 Å². The van der Waals surface area contributed by atoms with Crippen LogP contribution < -0.4 is 10.2 Å². The molecule has 2 aliphatic rings. The van der Waals surface area contributed by atoms with E-state index < -0.39 is 5.54 Å². The monoisotopic (exact) mass is 467 g/mol. The Kier molecular flexibility index (Phi) is 5.73. The van der Waals surface area contributed by atoms with Crippen molar-refractivity contribution in [1.82, 2.24) is 9.88 Å². The predicted octanol–water partition coefficient (Wildman–Crippen LogP) is 5.84. The SMILES string of the molecule is Cc1c(Cl)cccc1N1C(=O)c2cc3occc3n2CC1(C)C(=O)NC1CCCCCCC1. The molecule has 2 aromatic heterocycles. The third-order valence-electron chi connectivity index (χ3n) is 7.31. The van der Waals surface area contributed by atoms with E-state index in [1.165, 1.54) is 19.3 Å². The summed E-state index contributed by atoms with van der Waals surface area (Å²) in [5.41, 5.74) is 2.30. The van der Waals surface area contributed by atoms with Gasteiger partial charge in [0.2, 0.25) is 5.91 Å². The maximum absolute atomic E-state index is 13.9. The number of benzene rings is 1. The highest BCUT2D eigenvalue weighted by Crippen LogP contribution is 2.39. The lowest BCUT2D eigenvalue weighted by Gasteiger charge is -2.45. The molecule has 1 N–H and O–H groups in total. The van der Waals surface area contributed by atoms with E-state index in [-0.39, 0.29) is 17.9 Å². The number of rotatable bonds is 3. The Hall–Kier alpha value is -2.73. The van der Waals surface area contributed by atoms with E-state index >= 15 is 0 Å². The molecule has 1 aliphatic heterocycles. The number of anilines is 1. The molecule has 1 unspecified atom stereocenters. The maximum atomic E-state index is 13.9. The molecule has 33 heavy (non-hydrogen) atoms. The second kappa shape index (κ2) is 8.56. The molecule has 1 saturated carbocycles. The number of aromatic nitrogens is 1. The minimum absolute atomic E-state index is 0.128. The van der Waals surface area contributed by atoms with Crippen LogP contribution in [0.4, 0.5) is 5.69 Å². The summed E-state index contributed by atoms with van der Waals surface area (Å²) >= 11 is 6.43. The normalized spacial score (nSPS) is 22.2. The van der Waals surface area contributed by atoms with E-state index in [1.807, 2.05) is 36.6 Å². The summed E-state index contributed by atoms with van der Waals surface area (Å²) in [5.74, 6) is -0.356. The van der Waals surface area contributed by atoms with Gasteiger partial charge >= 0.3 is 0 Å². The van der Waals surface area contributed by atoms with Crippen LogP contribution in [0.1, 0.15) is 67.9 Å². The zero-order valence-corrected chi connectivity index (χ0v) is 20.0. The number of hydrogen-bond acceptors (Lipinski definition) is 3. The maximum Gasteiger partial charge on any atom is 0.276 e. The summed E-state index contributed by atoms with van der Waals surface area (Å²) in [7, 11) is 0. The van der Waals surface area contributed by atoms with Crippen molar-refractivity contribution in [3.8, 4) is 0 Å². The highest BCUT2D eigenvalue weighted by molar-refractivity contribution is 6.32. The zero-order valence-electron chi connectivity index (χ0n) is 19.2. The van der Waals surface area contributed by atoms with Crippen LogP contribution in [-0.2, 0) is 11.3 Å². The minimum atomic E-state index is -1.12. The van der Waals surface area contributed by atoms with Crippen LogP contribution in [0.2, 0.25) is 5.02 Å². The summed E-state index contributed by atoms with van der Waals surface area (Å²) in [4.78, 5) is 29.5. The third kappa shape index (κ3) is 3.74. The number of furan rings is 1. The number of fused-ring (bicyclic) bond motifs is 3. The summed E-state index contributed by atoms with van der Waals surface area (Å²) in [5, 5.41) is 3.88. The minimum Gasteiger partial charge on any atom is -0.463 e. The molecule has 7 heteroatoms. The van der Waals surface area contributed by atoms with E-state index in [1.54, 1.807) is 23.3 Å². The number of carbonyl (C=O) groups excluding carboxylic acids is 2. The van der Waals surface area contributed by atoms with Gasteiger partial charge in [-0.05, 0) is 44.4 Å². The van der Waals surface area contributed by atoms with Gasteiger partial charge in [-0.1, -0.05) is 49.8 Å². The van der Waals surface area contributed by atoms with E-state index in [2.05, 4.69) is 5.32 Å². The van der Waals surface area contributed by atoms with Crippen LogP contribution >= 0.6 is 11.6 Å². The van der Waals surface area contributed by atoms with Gasteiger partial charge in [0.1, 0.15) is 11.2 Å². The molecule has 0 spiro atoms. The van der Waals surface area contributed by atoms with Crippen LogP contribution in [0.15, 0.2) is 41.0 Å². The Labute approximate surface area is 198 Å². The summed E-state index contributed by atoms with van der Waals surface area (Å²) in [6.45, 7) is 4.08. The molecule has 174 valence electrons. The topological polar surface area (TPSA) is 67.5 Å². The molecule has 3 heterocycles. The predicted molar refractivity (Wildman–Crippen MR) is 130 cm³/mol. The summed E-state index contributed by atoms with van der Waals surface area (Å²) in [6, 6.07) is 9.23. The fraction of sp³-hybridized carbons (Fsp3) is 0.462. The molecule has 0 bridgehead atoms. The Morgan fingerprint density at radius 2 is 1.88 bits per heavy atom. The lowest BCUT2D eigenvalue weighted by molar-refractivity contribution is -0.127. The van der Waals surface area contributed by atoms with Gasteiger partial charge in [0.15, 0.2) is 5.58 Å². The number of halogens is 1. The molecule has 2 amide bonds. The smallest absolute Gasteiger partial charge is 0.276 e. The molecule has 1 aromatic carbocycles. The molecule has 1 fully saturated rings. The Morgan fingerprint density at radius 1 is 1.15 bits per heavy atom. The molecule has 6 nitrogen and oxygen atoms in total. The average molecular weight is 468 g/mol. The Bertz CT molecular complexity index is 1200. The van der Waals surface area contributed by atoms with Crippen molar-refractivity contribution in [2.24, 2.45) is 0 Å². The molecule has 1 aliphatic carbocycles. The van der Waals surface area contributed by atoms with Crippen LogP contribution in [0.5, 0.6) is 0 Å². The molecule has 5 rings (SSSR count). The first-order valence-electron chi connectivity index (χ1n) is 11.9. The van der Waals surface area contributed by atoms with Gasteiger partial charge in [-0.2, -0.15) is 0 Å². The zero-order chi connectivity index (χ0) is 23.2. The van der Waals surface area contributed by atoms with E-state index in [0.717, 1.165) is 36.8 Å². The second-order valence-corrected chi connectivity index (χ2v) is 10.0. The van der Waals surface area contributed by atoms with Gasteiger partial charge in [-0.3, -0.25) is 14.5 Å². The average Bonchev–Trinajstić information content (AvgIpc) is 3.35. The quantitative estimate of drug-likeness (QED) is 0.525. The van der Waals surface area contributed by atoms with Gasteiger partial charge in [0.05, 0.1) is 18.3 Å². The Morgan fingerprint density at radius 3 is 2.64 bits per heavy atom. The number of nitrogens with one attached hydrogen (secondary N) is 1. The number of carbonyl (C=O) groups is 2. The fourth-order valence-corrected chi connectivity index (χ4v) is 5.54. The molecular formula is C26H30ClN3O3. The van der Waals surface area contributed by atoms with Crippen molar-refractivity contribution >= 4 is 40.2 Å². The van der Waals surface area contributed by atoms with Crippen LogP contribution in [0.3, 0.4) is 0 Å². The highest BCUT2D eigenvalue weighted by atomic mass is 35.5. The van der Waals surface area contributed by atoms with Crippen molar-refractivity contribution in [1.29, 1.82) is 0 Å². The van der Waals surface area contributed by atoms with E-state index in [9.17, 15) is 9.59 Å². The molecule has 3 aromatic rings. The molecule has 0 saturated heterocycles. The van der Waals surface area contributed by atoms with Crippen molar-refractivity contribution in [3.63, 3.8) is 0 Å². The van der Waals surface area contributed by atoms with Gasteiger partial charge in [0.25, 0.3) is 5.91 Å². The van der Waals surface area contributed by atoms with Crippen molar-refractivity contribution < 1.29 is 14.0 Å². The fourth-order valence-electron chi connectivity index (χ4n) is 5.37. The largest absolute Gasteiger partial charge is 0.463 e. The molecule has 0 radical (unpaired) electrons. The van der Waals surface area contributed by atoms with Gasteiger partial charge in [-0.25, -0.2) is 0 Å². The van der Waals surface area contributed by atoms with Gasteiger partial charge in [0, 0.05) is 28.9 Å². The van der Waals surface area contributed by atoms with Gasteiger partial charge < -0.3 is 14.3 Å². The van der Waals surface area contributed by atoms with Crippen LogP contribution in [0.25, 0.3) is 11.1 Å². The Balaban J connectivity index is 1.58. The lowest BCUT2D eigenvalue weighted by Crippen LogP contribution is -2.65. The van der Waals surface area contributed by atoms with E-state index in [0.29, 0.717) is 28.5 Å². The van der Waals surface area contributed by atoms with Crippen molar-refractivity contribution in [2.45, 2.75) is 76.9 Å². The van der Waals surface area contributed by atoms with Gasteiger partial charge in [-0.15, -0.1) is 0 Å². The van der Waals surface area contributed by atoms with Crippen LogP contribution in [0, 0.1) is 6.92 Å². The number of hydrogen-bond donors (Lipinski definition) is 1. The van der Waals surface area contributed by atoms with Crippen molar-refractivity contribution in [2.75, 3.05) is 4.90 Å². The third-order valence-corrected chi connectivity index (χ3v) is 7.72. The first-order chi connectivity index (χ1) is 15.9. The lowest BCUT2D eigenvalue weighted by atomic mass is 9.91. The summed E-state index contributed by atoms with van der Waals surface area (Å²) in [6.07, 6.45) is 9.50. The van der Waals surface area contributed by atoms with E-state index in [4.69, 9.17) is 16.0 Å².